The summed E-state index contributed by atoms with van der Waals surface area (Å²) in [5.74, 6) is -0.980. The Hall–Kier alpha value is -1.21. The molecule has 0 aromatic rings. The first-order chi connectivity index (χ1) is 14.7. The highest BCUT2D eigenvalue weighted by Gasteiger charge is 2.26. The summed E-state index contributed by atoms with van der Waals surface area (Å²) in [5, 5.41) is 2.52. The van der Waals surface area contributed by atoms with Crippen LogP contribution < -0.4 is 5.32 Å². The first-order valence-corrected chi connectivity index (χ1v) is 13.0. The molecule has 0 aliphatic carbocycles. The van der Waals surface area contributed by atoms with E-state index >= 15 is 0 Å². The molecule has 182 valence electrons. The normalized spacial score (nSPS) is 13.8. The Balaban J connectivity index is 4.30. The van der Waals surface area contributed by atoms with E-state index in [1.807, 2.05) is 6.08 Å². The minimum atomic E-state index is -4.71. The standard InChI is InChI=1S/C22H42NO7P/c1-4-5-6-7-8-9-10-11-12-13-14-15-16-17-22(30-20(3)25)21(23-19(2)24)18-29-31(26,27)28/h16-17,21-22H,4-15,18H2,1-3H3,(H,23,24)(H2,26,27,28)/b17-16+. The van der Waals surface area contributed by atoms with Crippen LogP contribution in [0.4, 0.5) is 0 Å². The maximum absolute atomic E-state index is 11.4. The van der Waals surface area contributed by atoms with Gasteiger partial charge in [0, 0.05) is 13.8 Å². The van der Waals surface area contributed by atoms with Crippen molar-refractivity contribution in [1.29, 1.82) is 0 Å². The lowest BCUT2D eigenvalue weighted by atomic mass is 10.0. The second-order valence-electron chi connectivity index (χ2n) is 7.92. The maximum Gasteiger partial charge on any atom is 0.469 e. The molecule has 2 unspecified atom stereocenters. The number of unbranched alkanes of at least 4 members (excludes halogenated alkanes) is 11. The molecule has 0 aliphatic heterocycles. The van der Waals surface area contributed by atoms with Gasteiger partial charge in [-0.2, -0.15) is 0 Å². The average molecular weight is 464 g/mol. The van der Waals surface area contributed by atoms with Crippen LogP contribution in [-0.2, 0) is 23.4 Å². The van der Waals surface area contributed by atoms with Crippen molar-refractivity contribution in [3.8, 4) is 0 Å². The number of carbonyl (C=O) groups is 2. The number of hydrogen-bond donors (Lipinski definition) is 3. The van der Waals surface area contributed by atoms with Crippen LogP contribution in [0.3, 0.4) is 0 Å². The molecule has 9 heteroatoms. The summed E-state index contributed by atoms with van der Waals surface area (Å²) in [6.07, 6.45) is 17.3. The molecule has 0 fully saturated rings. The number of rotatable bonds is 19. The van der Waals surface area contributed by atoms with E-state index < -0.39 is 38.5 Å². The SMILES string of the molecule is CCCCCCCCCCCCC/C=C/C(OC(C)=O)C(COP(=O)(O)O)NC(C)=O. The Bertz CT molecular complexity index is 562. The quantitative estimate of drug-likeness (QED) is 0.109. The second kappa shape index (κ2) is 18.4. The average Bonchev–Trinajstić information content (AvgIpc) is 2.66. The molecule has 2 atom stereocenters. The molecule has 31 heavy (non-hydrogen) atoms. The number of carbonyl (C=O) groups excluding carboxylic acids is 2. The van der Waals surface area contributed by atoms with Crippen LogP contribution >= 0.6 is 7.82 Å². The van der Waals surface area contributed by atoms with E-state index in [1.165, 1.54) is 71.6 Å². The van der Waals surface area contributed by atoms with Gasteiger partial charge in [-0.3, -0.25) is 14.1 Å². The van der Waals surface area contributed by atoms with E-state index in [0.29, 0.717) is 0 Å². The van der Waals surface area contributed by atoms with Crippen molar-refractivity contribution in [2.75, 3.05) is 6.61 Å². The number of ether oxygens (including phenoxy) is 1. The van der Waals surface area contributed by atoms with Gasteiger partial charge in [0.15, 0.2) is 0 Å². The van der Waals surface area contributed by atoms with Crippen molar-refractivity contribution >= 4 is 19.7 Å². The predicted molar refractivity (Wildman–Crippen MR) is 121 cm³/mol. The minimum absolute atomic E-state index is 0.421. The van der Waals surface area contributed by atoms with Gasteiger partial charge in [-0.05, 0) is 18.9 Å². The number of allylic oxidation sites excluding steroid dienone is 1. The molecule has 0 heterocycles. The fraction of sp³-hybridized carbons (Fsp3) is 0.818. The Kier molecular flexibility index (Phi) is 17.7. The molecule has 1 amide bonds. The van der Waals surface area contributed by atoms with E-state index in [1.54, 1.807) is 6.08 Å². The first-order valence-electron chi connectivity index (χ1n) is 11.5. The van der Waals surface area contributed by atoms with E-state index in [9.17, 15) is 14.2 Å². The number of hydrogen-bond acceptors (Lipinski definition) is 5. The molecule has 0 radical (unpaired) electrons. The lowest BCUT2D eigenvalue weighted by Crippen LogP contribution is -2.46. The summed E-state index contributed by atoms with van der Waals surface area (Å²) in [4.78, 5) is 40.7. The summed E-state index contributed by atoms with van der Waals surface area (Å²) >= 11 is 0. The highest BCUT2D eigenvalue weighted by atomic mass is 31.2. The van der Waals surface area contributed by atoms with Gasteiger partial charge in [0.25, 0.3) is 0 Å². The van der Waals surface area contributed by atoms with Crippen molar-refractivity contribution in [3.05, 3.63) is 12.2 Å². The smallest absolute Gasteiger partial charge is 0.456 e. The van der Waals surface area contributed by atoms with Crippen LogP contribution in [0.25, 0.3) is 0 Å². The lowest BCUT2D eigenvalue weighted by Gasteiger charge is -2.25. The minimum Gasteiger partial charge on any atom is -0.456 e. The molecule has 0 aromatic heterocycles. The van der Waals surface area contributed by atoms with Gasteiger partial charge in [-0.15, -0.1) is 0 Å². The highest BCUT2D eigenvalue weighted by molar-refractivity contribution is 7.46. The monoisotopic (exact) mass is 463 g/mol. The molecule has 8 nitrogen and oxygen atoms in total. The number of phosphoric ester groups is 1. The third-order valence-electron chi connectivity index (χ3n) is 4.81. The first kappa shape index (κ1) is 29.8. The van der Waals surface area contributed by atoms with Crippen LogP contribution in [-0.4, -0.2) is 40.4 Å². The zero-order chi connectivity index (χ0) is 23.5. The molecular weight excluding hydrogens is 421 g/mol. The Morgan fingerprint density at radius 1 is 0.935 bits per heavy atom. The van der Waals surface area contributed by atoms with Crippen molar-refractivity contribution < 1.29 is 33.2 Å². The van der Waals surface area contributed by atoms with Crippen LogP contribution in [0, 0.1) is 0 Å². The Labute approximate surface area is 187 Å². The number of esters is 1. The van der Waals surface area contributed by atoms with Gasteiger partial charge < -0.3 is 19.8 Å². The van der Waals surface area contributed by atoms with Crippen LogP contribution in [0.15, 0.2) is 12.2 Å². The van der Waals surface area contributed by atoms with Gasteiger partial charge in [0.1, 0.15) is 6.10 Å². The summed E-state index contributed by atoms with van der Waals surface area (Å²) in [6, 6.07) is -0.900. The molecule has 0 saturated heterocycles. The van der Waals surface area contributed by atoms with Crippen LogP contribution in [0.2, 0.25) is 0 Å². The fourth-order valence-electron chi connectivity index (χ4n) is 3.26. The van der Waals surface area contributed by atoms with Gasteiger partial charge in [-0.1, -0.05) is 77.2 Å². The lowest BCUT2D eigenvalue weighted by molar-refractivity contribution is -0.146. The van der Waals surface area contributed by atoms with Crippen LogP contribution in [0.5, 0.6) is 0 Å². The van der Waals surface area contributed by atoms with Gasteiger partial charge in [0.2, 0.25) is 5.91 Å². The third kappa shape index (κ3) is 20.4. The Morgan fingerprint density at radius 3 is 1.90 bits per heavy atom. The number of phosphoric acid groups is 1. The largest absolute Gasteiger partial charge is 0.469 e. The molecule has 0 saturated carbocycles. The van der Waals surface area contributed by atoms with Gasteiger partial charge in [0.05, 0.1) is 12.6 Å². The van der Waals surface area contributed by atoms with Crippen molar-refractivity contribution in [2.24, 2.45) is 0 Å². The summed E-state index contributed by atoms with van der Waals surface area (Å²) in [6.45, 7) is 4.25. The van der Waals surface area contributed by atoms with E-state index in [-0.39, 0.29) is 0 Å². The molecular formula is C22H42NO7P. The Morgan fingerprint density at radius 2 is 1.45 bits per heavy atom. The fourth-order valence-corrected chi connectivity index (χ4v) is 3.62. The van der Waals surface area contributed by atoms with Crippen molar-refractivity contribution in [2.45, 2.75) is 110 Å². The summed E-state index contributed by atoms with van der Waals surface area (Å²) in [5.41, 5.74) is 0. The molecule has 0 rings (SSSR count). The summed E-state index contributed by atoms with van der Waals surface area (Å²) in [7, 11) is -4.71. The zero-order valence-electron chi connectivity index (χ0n) is 19.4. The second-order valence-corrected chi connectivity index (χ2v) is 9.16. The molecule has 0 aromatic carbocycles. The molecule has 0 aliphatic rings. The van der Waals surface area contributed by atoms with Crippen LogP contribution in [0.1, 0.15) is 97.8 Å². The van der Waals surface area contributed by atoms with Crippen molar-refractivity contribution in [3.63, 3.8) is 0 Å². The zero-order valence-corrected chi connectivity index (χ0v) is 20.3. The number of amides is 1. The third-order valence-corrected chi connectivity index (χ3v) is 5.30. The van der Waals surface area contributed by atoms with E-state index in [4.69, 9.17) is 14.5 Å². The molecule has 3 N–H and O–H groups in total. The van der Waals surface area contributed by atoms with E-state index in [2.05, 4.69) is 16.8 Å². The van der Waals surface area contributed by atoms with E-state index in [0.717, 1.165) is 19.3 Å². The topological polar surface area (TPSA) is 122 Å². The predicted octanol–water partition coefficient (Wildman–Crippen LogP) is 4.79. The highest BCUT2D eigenvalue weighted by Crippen LogP contribution is 2.36. The maximum atomic E-state index is 11.4. The van der Waals surface area contributed by atoms with Gasteiger partial charge in [-0.25, -0.2) is 4.57 Å². The van der Waals surface area contributed by atoms with Gasteiger partial charge >= 0.3 is 13.8 Å². The molecule has 0 spiro atoms. The summed E-state index contributed by atoms with van der Waals surface area (Å²) < 4.78 is 20.7. The van der Waals surface area contributed by atoms with Crippen molar-refractivity contribution in [1.82, 2.24) is 5.32 Å². The number of nitrogens with one attached hydrogen (secondary N) is 1. The molecule has 0 bridgehead atoms.